The van der Waals surface area contributed by atoms with Crippen LogP contribution in [0.15, 0.2) is 24.3 Å². The molecule has 1 heteroatoms. The summed E-state index contributed by atoms with van der Waals surface area (Å²) >= 11 is 0. The Kier molecular flexibility index (Phi) is 1.89. The molecule has 2 atom stereocenters. The van der Waals surface area contributed by atoms with Crippen molar-refractivity contribution >= 4 is 0 Å². The number of aliphatic hydroxyl groups is 1. The summed E-state index contributed by atoms with van der Waals surface area (Å²) in [6.07, 6.45) is 1.99. The van der Waals surface area contributed by atoms with E-state index < -0.39 is 0 Å². The summed E-state index contributed by atoms with van der Waals surface area (Å²) in [5, 5.41) is 9.83. The molecular formula is C11H14O. The zero-order valence-electron chi connectivity index (χ0n) is 7.33. The Balaban J connectivity index is 2.42. The minimum atomic E-state index is -0.241. The lowest BCUT2D eigenvalue weighted by molar-refractivity contribution is 0.104. The molecule has 1 aromatic rings. The number of benzene rings is 1. The molecule has 0 saturated heterocycles. The maximum atomic E-state index is 9.83. The van der Waals surface area contributed by atoms with E-state index in [4.69, 9.17) is 0 Å². The van der Waals surface area contributed by atoms with Gasteiger partial charge in [0.05, 0.1) is 6.10 Å². The van der Waals surface area contributed by atoms with E-state index in [1.54, 1.807) is 0 Å². The molecule has 0 fully saturated rings. The molecule has 0 heterocycles. The third-order valence-electron chi connectivity index (χ3n) is 2.78. The molecule has 0 aromatic heterocycles. The summed E-state index contributed by atoms with van der Waals surface area (Å²) in [6.45, 7) is 2.11. The Bertz CT molecular complexity index is 280. The third kappa shape index (κ3) is 1.14. The second-order valence-electron chi connectivity index (χ2n) is 3.66. The molecule has 0 radical (unpaired) electrons. The molecule has 1 aliphatic carbocycles. The predicted molar refractivity (Wildman–Crippen MR) is 48.9 cm³/mol. The molecule has 1 aromatic carbocycles. The van der Waals surface area contributed by atoms with Crippen LogP contribution in [-0.2, 0) is 6.42 Å². The predicted octanol–water partition coefficient (Wildman–Crippen LogP) is 2.30. The molecule has 0 saturated carbocycles. The van der Waals surface area contributed by atoms with Gasteiger partial charge in [-0.2, -0.15) is 0 Å². The fourth-order valence-electron chi connectivity index (χ4n) is 1.90. The summed E-state index contributed by atoms with van der Waals surface area (Å²) in [5.41, 5.74) is 2.46. The van der Waals surface area contributed by atoms with Crippen LogP contribution in [0.3, 0.4) is 0 Å². The molecule has 1 aliphatic rings. The molecule has 0 aliphatic heterocycles. The van der Waals surface area contributed by atoms with Crippen LogP contribution in [0.1, 0.15) is 30.6 Å². The first kappa shape index (κ1) is 7.81. The van der Waals surface area contributed by atoms with Gasteiger partial charge in [0.1, 0.15) is 0 Å². The van der Waals surface area contributed by atoms with Crippen molar-refractivity contribution in [2.24, 2.45) is 5.92 Å². The molecule has 0 amide bonds. The quantitative estimate of drug-likeness (QED) is 0.620. The van der Waals surface area contributed by atoms with Crippen molar-refractivity contribution in [1.82, 2.24) is 0 Å². The molecule has 1 nitrogen and oxygen atoms in total. The monoisotopic (exact) mass is 162 g/mol. The normalized spacial score (nSPS) is 28.2. The number of aryl methyl sites for hydroxylation is 1. The Hall–Kier alpha value is -0.820. The van der Waals surface area contributed by atoms with Crippen LogP contribution in [0, 0.1) is 5.92 Å². The van der Waals surface area contributed by atoms with Gasteiger partial charge in [0.2, 0.25) is 0 Å². The Morgan fingerprint density at radius 1 is 1.33 bits per heavy atom. The average Bonchev–Trinajstić information content (AvgIpc) is 2.12. The highest BCUT2D eigenvalue weighted by Crippen LogP contribution is 2.33. The van der Waals surface area contributed by atoms with Gasteiger partial charge in [-0.15, -0.1) is 0 Å². The van der Waals surface area contributed by atoms with Gasteiger partial charge in [-0.05, 0) is 29.9 Å². The molecule has 0 bridgehead atoms. The SMILES string of the molecule is C[C@@H]1CCc2ccccc2[C@@H]1O. The standard InChI is InChI=1S/C11H14O/c1-8-6-7-9-4-2-3-5-10(9)11(8)12/h2-5,8,11-12H,6-7H2,1H3/t8-,11-/m1/s1. The van der Waals surface area contributed by atoms with Gasteiger partial charge >= 0.3 is 0 Å². The Morgan fingerprint density at radius 3 is 2.92 bits per heavy atom. The lowest BCUT2D eigenvalue weighted by Crippen LogP contribution is -2.17. The topological polar surface area (TPSA) is 20.2 Å². The van der Waals surface area contributed by atoms with Crippen molar-refractivity contribution in [2.75, 3.05) is 0 Å². The third-order valence-corrected chi connectivity index (χ3v) is 2.78. The van der Waals surface area contributed by atoms with Gasteiger partial charge in [-0.3, -0.25) is 0 Å². The second kappa shape index (κ2) is 2.91. The second-order valence-corrected chi connectivity index (χ2v) is 3.66. The van der Waals surface area contributed by atoms with Crippen LogP contribution in [0.2, 0.25) is 0 Å². The number of hydrogen-bond acceptors (Lipinski definition) is 1. The molecule has 64 valence electrons. The molecule has 2 rings (SSSR count). The summed E-state index contributed by atoms with van der Waals surface area (Å²) < 4.78 is 0. The molecule has 0 unspecified atom stereocenters. The van der Waals surface area contributed by atoms with Gasteiger partial charge in [0.15, 0.2) is 0 Å². The van der Waals surface area contributed by atoms with E-state index in [-0.39, 0.29) is 6.10 Å². The molecule has 0 spiro atoms. The van der Waals surface area contributed by atoms with E-state index in [1.807, 2.05) is 18.2 Å². The maximum absolute atomic E-state index is 9.83. The number of fused-ring (bicyclic) bond motifs is 1. The highest BCUT2D eigenvalue weighted by molar-refractivity contribution is 5.31. The summed E-state index contributed by atoms with van der Waals surface area (Å²) in [6, 6.07) is 8.20. The first-order chi connectivity index (χ1) is 5.79. The van der Waals surface area contributed by atoms with Crippen molar-refractivity contribution in [2.45, 2.75) is 25.9 Å². The van der Waals surface area contributed by atoms with Crippen LogP contribution in [-0.4, -0.2) is 5.11 Å². The molecular weight excluding hydrogens is 148 g/mol. The lowest BCUT2D eigenvalue weighted by atomic mass is 9.83. The van der Waals surface area contributed by atoms with Gasteiger partial charge in [0, 0.05) is 0 Å². The minimum absolute atomic E-state index is 0.241. The van der Waals surface area contributed by atoms with Crippen molar-refractivity contribution in [3.05, 3.63) is 35.4 Å². The summed E-state index contributed by atoms with van der Waals surface area (Å²) in [7, 11) is 0. The van der Waals surface area contributed by atoms with E-state index in [9.17, 15) is 5.11 Å². The summed E-state index contributed by atoms with van der Waals surface area (Å²) in [4.78, 5) is 0. The highest BCUT2D eigenvalue weighted by atomic mass is 16.3. The first-order valence-electron chi connectivity index (χ1n) is 4.55. The van der Waals surface area contributed by atoms with E-state index in [0.717, 1.165) is 18.4 Å². The zero-order valence-corrected chi connectivity index (χ0v) is 7.33. The van der Waals surface area contributed by atoms with Crippen molar-refractivity contribution in [3.8, 4) is 0 Å². The van der Waals surface area contributed by atoms with E-state index in [0.29, 0.717) is 5.92 Å². The smallest absolute Gasteiger partial charge is 0.0818 e. The number of rotatable bonds is 0. The van der Waals surface area contributed by atoms with Crippen LogP contribution in [0.25, 0.3) is 0 Å². The van der Waals surface area contributed by atoms with Crippen LogP contribution >= 0.6 is 0 Å². The molecule has 12 heavy (non-hydrogen) atoms. The maximum Gasteiger partial charge on any atom is 0.0818 e. The Morgan fingerprint density at radius 2 is 2.08 bits per heavy atom. The minimum Gasteiger partial charge on any atom is -0.388 e. The lowest BCUT2D eigenvalue weighted by Gasteiger charge is -2.27. The van der Waals surface area contributed by atoms with Gasteiger partial charge < -0.3 is 5.11 Å². The van der Waals surface area contributed by atoms with Crippen LogP contribution in [0.5, 0.6) is 0 Å². The van der Waals surface area contributed by atoms with Crippen LogP contribution < -0.4 is 0 Å². The van der Waals surface area contributed by atoms with Crippen molar-refractivity contribution in [3.63, 3.8) is 0 Å². The zero-order chi connectivity index (χ0) is 8.55. The van der Waals surface area contributed by atoms with Gasteiger partial charge in [-0.1, -0.05) is 31.2 Å². The van der Waals surface area contributed by atoms with Crippen molar-refractivity contribution in [1.29, 1.82) is 0 Å². The fraction of sp³-hybridized carbons (Fsp3) is 0.455. The van der Waals surface area contributed by atoms with Crippen molar-refractivity contribution < 1.29 is 5.11 Å². The van der Waals surface area contributed by atoms with Gasteiger partial charge in [0.25, 0.3) is 0 Å². The molecule has 1 N–H and O–H groups in total. The van der Waals surface area contributed by atoms with E-state index in [1.165, 1.54) is 5.56 Å². The largest absolute Gasteiger partial charge is 0.388 e. The highest BCUT2D eigenvalue weighted by Gasteiger charge is 2.23. The fourth-order valence-corrected chi connectivity index (χ4v) is 1.90. The average molecular weight is 162 g/mol. The number of aliphatic hydroxyl groups excluding tert-OH is 1. The van der Waals surface area contributed by atoms with E-state index >= 15 is 0 Å². The van der Waals surface area contributed by atoms with Crippen LogP contribution in [0.4, 0.5) is 0 Å². The number of hydrogen-bond donors (Lipinski definition) is 1. The summed E-state index contributed by atoms with van der Waals surface area (Å²) in [5.74, 6) is 0.417. The van der Waals surface area contributed by atoms with Gasteiger partial charge in [-0.25, -0.2) is 0 Å². The Labute approximate surface area is 73.0 Å². The van der Waals surface area contributed by atoms with E-state index in [2.05, 4.69) is 13.0 Å². The first-order valence-corrected chi connectivity index (χ1v) is 4.55.